The van der Waals surface area contributed by atoms with Crippen LogP contribution < -0.4 is 5.32 Å². The Morgan fingerprint density at radius 2 is 2.19 bits per heavy atom. The van der Waals surface area contributed by atoms with Crippen LogP contribution in [-0.2, 0) is 9.53 Å². The molecule has 1 aliphatic rings. The predicted octanol–water partition coefficient (Wildman–Crippen LogP) is -3.76. The summed E-state index contributed by atoms with van der Waals surface area (Å²) in [5.74, 6) is -0.969. The molecule has 16 heavy (non-hydrogen) atoms. The van der Waals surface area contributed by atoms with Crippen molar-refractivity contribution in [2.45, 2.75) is 37.2 Å². The van der Waals surface area contributed by atoms with E-state index in [9.17, 15) is 25.2 Å². The average Bonchev–Trinajstić information content (AvgIpc) is 2.31. The van der Waals surface area contributed by atoms with E-state index in [-0.39, 0.29) is 0 Å². The molecule has 1 amide bonds. The Morgan fingerprint density at radius 3 is 2.69 bits per heavy atom. The van der Waals surface area contributed by atoms with E-state index in [4.69, 9.17) is 6.48 Å². The highest BCUT2D eigenvalue weighted by Crippen LogP contribution is 2.26. The van der Waals surface area contributed by atoms with Crippen LogP contribution in [0.2, 0.25) is 0 Å². The standard InChI is InChI=1S/C8H15NO7/c1-3(11)9-8(15)6(13)5(12)4(2-10)16-7(8)14/h4-7,10,12-15H,2H2,1H3,(H,9,11)/t4-,5-,6+,7?,8-/m1/s1/i1D. The van der Waals surface area contributed by atoms with Gasteiger partial charge in [-0.2, -0.15) is 0 Å². The highest BCUT2D eigenvalue weighted by Gasteiger charge is 2.55. The first kappa shape index (κ1) is 11.7. The minimum absolute atomic E-state index is 0.683. The van der Waals surface area contributed by atoms with Gasteiger partial charge in [0.2, 0.25) is 17.9 Å². The number of hydrogen-bond acceptors (Lipinski definition) is 7. The second-order valence-electron chi connectivity index (χ2n) is 3.52. The molecule has 1 aliphatic heterocycles. The molecule has 0 aromatic rings. The molecule has 1 saturated heterocycles. The van der Waals surface area contributed by atoms with Gasteiger partial charge in [-0.15, -0.1) is 0 Å². The lowest BCUT2D eigenvalue weighted by Gasteiger charge is -2.45. The monoisotopic (exact) mass is 238 g/mol. The number of carbonyl (C=O) groups excluding carboxylic acids is 1. The second-order valence-corrected chi connectivity index (χ2v) is 3.52. The molecule has 0 bridgehead atoms. The van der Waals surface area contributed by atoms with Crippen molar-refractivity contribution in [3.05, 3.63) is 0 Å². The second kappa shape index (κ2) is 4.62. The van der Waals surface area contributed by atoms with E-state index in [0.29, 0.717) is 0 Å². The van der Waals surface area contributed by atoms with Gasteiger partial charge < -0.3 is 35.6 Å². The van der Waals surface area contributed by atoms with Gasteiger partial charge in [-0.25, -0.2) is 0 Å². The highest BCUT2D eigenvalue weighted by atomic mass is 16.6. The molecule has 0 spiro atoms. The van der Waals surface area contributed by atoms with Crippen LogP contribution in [0, 0.1) is 0 Å². The molecule has 8 nitrogen and oxygen atoms in total. The van der Waals surface area contributed by atoms with E-state index >= 15 is 0 Å². The van der Waals surface area contributed by atoms with Gasteiger partial charge in [0.15, 0.2) is 0 Å². The number of aliphatic hydroxyl groups excluding tert-OH is 4. The first-order valence-corrected chi connectivity index (χ1v) is 4.50. The molecule has 0 saturated carbocycles. The summed E-state index contributed by atoms with van der Waals surface area (Å²) in [6, 6.07) is 0. The first-order chi connectivity index (χ1) is 7.86. The fraction of sp³-hybridized carbons (Fsp3) is 0.875. The van der Waals surface area contributed by atoms with Crippen molar-refractivity contribution in [2.75, 3.05) is 6.61 Å². The fourth-order valence-corrected chi connectivity index (χ4v) is 1.47. The van der Waals surface area contributed by atoms with Gasteiger partial charge in [0.25, 0.3) is 0 Å². The molecule has 1 rings (SSSR count). The van der Waals surface area contributed by atoms with E-state index in [1.54, 1.807) is 5.32 Å². The van der Waals surface area contributed by atoms with Crippen LogP contribution in [0.3, 0.4) is 0 Å². The molecule has 0 aromatic heterocycles. The number of aliphatic hydroxyl groups is 5. The van der Waals surface area contributed by atoms with Gasteiger partial charge in [0.1, 0.15) is 18.3 Å². The number of rotatable bonds is 2. The largest absolute Gasteiger partial charge is 0.394 e. The smallest absolute Gasteiger partial charge is 0.219 e. The van der Waals surface area contributed by atoms with Gasteiger partial charge in [0.05, 0.1) is 6.61 Å². The molecule has 1 fully saturated rings. The summed E-state index contributed by atoms with van der Waals surface area (Å²) in [5.41, 5.74) is -2.62. The average molecular weight is 238 g/mol. The van der Waals surface area contributed by atoms with Crippen LogP contribution in [0.25, 0.3) is 0 Å². The Labute approximate surface area is 92.5 Å². The van der Waals surface area contributed by atoms with E-state index in [2.05, 4.69) is 4.74 Å². The number of ether oxygens (including phenoxy) is 1. The molecular weight excluding hydrogens is 222 g/mol. The summed E-state index contributed by atoms with van der Waals surface area (Å²) in [5, 5.41) is 48.9. The van der Waals surface area contributed by atoms with Crippen molar-refractivity contribution < 1.29 is 36.4 Å². The Hall–Kier alpha value is -0.770. The summed E-state index contributed by atoms with van der Waals surface area (Å²) in [6.07, 6.45) is -6.97. The third-order valence-electron chi connectivity index (χ3n) is 2.36. The zero-order valence-electron chi connectivity index (χ0n) is 9.28. The number of nitrogens with one attached hydrogen (secondary N) is 1. The molecule has 8 heteroatoms. The summed E-state index contributed by atoms with van der Waals surface area (Å²) >= 11 is 0. The third-order valence-corrected chi connectivity index (χ3v) is 2.36. The first-order valence-electron chi connectivity index (χ1n) is 5.20. The van der Waals surface area contributed by atoms with Crippen molar-refractivity contribution in [3.8, 4) is 0 Å². The minimum atomic E-state index is -2.62. The molecule has 1 heterocycles. The zero-order valence-corrected chi connectivity index (χ0v) is 8.28. The van der Waals surface area contributed by atoms with Crippen molar-refractivity contribution in [2.24, 2.45) is 0 Å². The van der Waals surface area contributed by atoms with Crippen molar-refractivity contribution in [1.29, 1.82) is 0 Å². The number of amides is 1. The molecule has 0 aliphatic carbocycles. The maximum absolute atomic E-state index is 11.0. The van der Waals surface area contributed by atoms with Gasteiger partial charge >= 0.3 is 0 Å². The molecule has 0 aromatic carbocycles. The highest BCUT2D eigenvalue weighted by molar-refractivity contribution is 5.73. The number of hydrogen-bond donors (Lipinski definition) is 6. The summed E-state index contributed by atoms with van der Waals surface area (Å²) in [4.78, 5) is 11.0. The van der Waals surface area contributed by atoms with Gasteiger partial charge in [-0.1, -0.05) is 0 Å². The fourth-order valence-electron chi connectivity index (χ4n) is 1.47. The maximum atomic E-state index is 11.0. The summed E-state index contributed by atoms with van der Waals surface area (Å²) < 4.78 is 11.4. The SMILES string of the molecule is [2H]CC(=O)N[C@]1(O)C(O)O[C@H](CO)[C@@H](O)[C@@H]1O. The lowest BCUT2D eigenvalue weighted by molar-refractivity contribution is -0.335. The van der Waals surface area contributed by atoms with Gasteiger partial charge in [-0.05, 0) is 0 Å². The van der Waals surface area contributed by atoms with Gasteiger partial charge in [-0.3, -0.25) is 4.79 Å². The van der Waals surface area contributed by atoms with Gasteiger partial charge in [0, 0.05) is 8.27 Å². The molecular formula is C8H15NO7. The summed E-state index contributed by atoms with van der Waals surface area (Å²) in [6.45, 7) is -1.42. The maximum Gasteiger partial charge on any atom is 0.219 e. The molecule has 6 N–H and O–H groups in total. The van der Waals surface area contributed by atoms with E-state index in [1.165, 1.54) is 0 Å². The molecule has 94 valence electrons. The lowest BCUT2D eigenvalue weighted by atomic mass is 9.93. The number of carbonyl (C=O) groups is 1. The van der Waals surface area contributed by atoms with Crippen LogP contribution >= 0.6 is 0 Å². The zero-order chi connectivity index (χ0) is 13.2. The summed E-state index contributed by atoms with van der Waals surface area (Å²) in [7, 11) is 0. The Kier molecular flexibility index (Phi) is 3.38. The molecule has 5 atom stereocenters. The Balaban J connectivity index is 2.87. The third kappa shape index (κ3) is 2.17. The topological polar surface area (TPSA) is 139 Å². The van der Waals surface area contributed by atoms with Crippen LogP contribution in [0.4, 0.5) is 0 Å². The quantitative estimate of drug-likeness (QED) is 0.271. The minimum Gasteiger partial charge on any atom is -0.394 e. The predicted molar refractivity (Wildman–Crippen MR) is 48.7 cm³/mol. The van der Waals surface area contributed by atoms with E-state index in [0.717, 1.165) is 0 Å². The van der Waals surface area contributed by atoms with Crippen molar-refractivity contribution in [1.82, 2.24) is 5.32 Å². The van der Waals surface area contributed by atoms with E-state index in [1.807, 2.05) is 0 Å². The molecule has 1 unspecified atom stereocenters. The van der Waals surface area contributed by atoms with Crippen LogP contribution in [0.15, 0.2) is 0 Å². The van der Waals surface area contributed by atoms with Crippen molar-refractivity contribution in [3.63, 3.8) is 0 Å². The van der Waals surface area contributed by atoms with Crippen LogP contribution in [0.1, 0.15) is 8.27 Å². The Bertz CT molecular complexity index is 291. The normalized spacial score (nSPS) is 44.9. The Morgan fingerprint density at radius 1 is 1.56 bits per heavy atom. The van der Waals surface area contributed by atoms with Crippen LogP contribution in [0.5, 0.6) is 0 Å². The van der Waals surface area contributed by atoms with E-state index < -0.39 is 49.7 Å². The van der Waals surface area contributed by atoms with Crippen molar-refractivity contribution >= 4 is 5.91 Å². The molecule has 0 radical (unpaired) electrons. The van der Waals surface area contributed by atoms with Crippen LogP contribution in [-0.4, -0.2) is 68.4 Å². The lowest BCUT2D eigenvalue weighted by Crippen LogP contribution is -2.73.